The maximum absolute atomic E-state index is 13.3. The second-order valence-electron chi connectivity index (χ2n) is 7.96. The highest BCUT2D eigenvalue weighted by molar-refractivity contribution is 6.09. The van der Waals surface area contributed by atoms with Crippen molar-refractivity contribution >= 4 is 39.6 Å². The first-order valence-electron chi connectivity index (χ1n) is 11.0. The number of benzene rings is 4. The molecule has 36 heavy (non-hydrogen) atoms. The molecule has 0 aliphatic rings. The molecule has 0 bridgehead atoms. The van der Waals surface area contributed by atoms with Gasteiger partial charge in [0.15, 0.2) is 6.61 Å². The zero-order valence-corrected chi connectivity index (χ0v) is 19.6. The predicted octanol–water partition coefficient (Wildman–Crippen LogP) is 5.33. The van der Waals surface area contributed by atoms with Crippen LogP contribution >= 0.6 is 0 Å². The number of nitro benzene ring substituents is 1. The molecule has 9 heteroatoms. The number of fused-ring (bicyclic) bond motifs is 1. The average molecular weight is 485 g/mol. The molecule has 4 rings (SSSR count). The largest absolute Gasteiger partial charge is 0.495 e. The number of rotatable bonds is 8. The van der Waals surface area contributed by atoms with Crippen LogP contribution < -0.4 is 20.1 Å². The van der Waals surface area contributed by atoms with E-state index in [-0.39, 0.29) is 22.7 Å². The summed E-state index contributed by atoms with van der Waals surface area (Å²) >= 11 is 0. The monoisotopic (exact) mass is 485 g/mol. The van der Waals surface area contributed by atoms with Gasteiger partial charge in [-0.2, -0.15) is 0 Å². The van der Waals surface area contributed by atoms with Crippen molar-refractivity contribution in [2.75, 3.05) is 24.4 Å². The number of methoxy groups -OCH3 is 1. The SMILES string of the molecule is COc1ccc(C)cc1NC(=O)c1cc2ccccc2cc1OCC(=O)Nc1ccccc1[N+](=O)[O-]. The third-order valence-electron chi connectivity index (χ3n) is 5.43. The summed E-state index contributed by atoms with van der Waals surface area (Å²) in [7, 11) is 1.51. The molecule has 4 aromatic carbocycles. The molecule has 9 nitrogen and oxygen atoms in total. The number of hydrogen-bond acceptors (Lipinski definition) is 6. The quantitative estimate of drug-likeness (QED) is 0.257. The minimum Gasteiger partial charge on any atom is -0.495 e. The first kappa shape index (κ1) is 24.2. The molecule has 0 heterocycles. The highest BCUT2D eigenvalue weighted by Crippen LogP contribution is 2.30. The van der Waals surface area contributed by atoms with Crippen LogP contribution in [0.3, 0.4) is 0 Å². The van der Waals surface area contributed by atoms with Gasteiger partial charge in [-0.25, -0.2) is 0 Å². The number of nitrogens with one attached hydrogen (secondary N) is 2. The Hall–Kier alpha value is -4.92. The van der Waals surface area contributed by atoms with E-state index in [4.69, 9.17) is 9.47 Å². The van der Waals surface area contributed by atoms with Crippen molar-refractivity contribution in [1.82, 2.24) is 0 Å². The van der Waals surface area contributed by atoms with Gasteiger partial charge in [-0.1, -0.05) is 42.5 Å². The second-order valence-corrected chi connectivity index (χ2v) is 7.96. The lowest BCUT2D eigenvalue weighted by atomic mass is 10.0. The fourth-order valence-electron chi connectivity index (χ4n) is 3.69. The third kappa shape index (κ3) is 5.41. The van der Waals surface area contributed by atoms with E-state index in [1.807, 2.05) is 37.3 Å². The molecule has 182 valence electrons. The van der Waals surface area contributed by atoms with E-state index >= 15 is 0 Å². The first-order chi connectivity index (χ1) is 17.4. The van der Waals surface area contributed by atoms with E-state index in [2.05, 4.69) is 10.6 Å². The minimum atomic E-state index is -0.607. The van der Waals surface area contributed by atoms with Crippen molar-refractivity contribution in [3.63, 3.8) is 0 Å². The van der Waals surface area contributed by atoms with E-state index in [1.165, 1.54) is 25.3 Å². The average Bonchev–Trinajstić information content (AvgIpc) is 2.87. The van der Waals surface area contributed by atoms with Crippen LogP contribution in [0.5, 0.6) is 11.5 Å². The van der Waals surface area contributed by atoms with Crippen molar-refractivity contribution in [2.24, 2.45) is 0 Å². The highest BCUT2D eigenvalue weighted by Gasteiger charge is 2.19. The molecule has 0 saturated heterocycles. The molecule has 0 saturated carbocycles. The molecule has 4 aromatic rings. The van der Waals surface area contributed by atoms with Gasteiger partial charge in [-0.3, -0.25) is 19.7 Å². The normalized spacial score (nSPS) is 10.5. The van der Waals surface area contributed by atoms with Crippen molar-refractivity contribution in [2.45, 2.75) is 6.92 Å². The molecule has 2 N–H and O–H groups in total. The van der Waals surface area contributed by atoms with E-state index in [0.29, 0.717) is 11.4 Å². The molecule has 0 fully saturated rings. The number of ether oxygens (including phenoxy) is 2. The lowest BCUT2D eigenvalue weighted by molar-refractivity contribution is -0.383. The van der Waals surface area contributed by atoms with Crippen LogP contribution in [0, 0.1) is 17.0 Å². The molecule has 2 amide bonds. The summed E-state index contributed by atoms with van der Waals surface area (Å²) in [6.45, 7) is 1.44. The molecule has 0 atom stereocenters. The molecular formula is C27H23N3O6. The standard InChI is InChI=1S/C27H23N3O6/c1-17-11-12-24(35-2)22(13-17)29-27(32)20-14-18-7-3-4-8-19(18)15-25(20)36-16-26(31)28-21-9-5-6-10-23(21)30(33)34/h3-15H,16H2,1-2H3,(H,28,31)(H,29,32). The second kappa shape index (κ2) is 10.6. The Labute approximate surface area is 206 Å². The van der Waals surface area contributed by atoms with Gasteiger partial charge in [0.2, 0.25) is 0 Å². The number of anilines is 2. The van der Waals surface area contributed by atoms with E-state index in [1.54, 1.807) is 30.3 Å². The topological polar surface area (TPSA) is 120 Å². The summed E-state index contributed by atoms with van der Waals surface area (Å²) in [5.41, 5.74) is 1.47. The summed E-state index contributed by atoms with van der Waals surface area (Å²) in [4.78, 5) is 36.5. The number of hydrogen-bond donors (Lipinski definition) is 2. The number of carbonyl (C=O) groups is 2. The van der Waals surface area contributed by atoms with Crippen LogP contribution in [-0.4, -0.2) is 30.5 Å². The molecule has 0 aliphatic carbocycles. The number of nitrogens with zero attached hydrogens (tertiary/aromatic N) is 1. The van der Waals surface area contributed by atoms with Crippen molar-refractivity contribution in [1.29, 1.82) is 0 Å². The van der Waals surface area contributed by atoms with Crippen molar-refractivity contribution < 1.29 is 24.0 Å². The number of amides is 2. The van der Waals surface area contributed by atoms with Gasteiger partial charge < -0.3 is 20.1 Å². The van der Waals surface area contributed by atoms with Gasteiger partial charge in [0, 0.05) is 6.07 Å². The summed E-state index contributed by atoms with van der Waals surface area (Å²) in [5, 5.41) is 18.2. The summed E-state index contributed by atoms with van der Waals surface area (Å²) in [6.07, 6.45) is 0. The Kier molecular flexibility index (Phi) is 7.10. The fraction of sp³-hybridized carbons (Fsp3) is 0.111. The Morgan fingerprint density at radius 3 is 2.28 bits per heavy atom. The Balaban J connectivity index is 1.59. The Morgan fingerprint density at radius 1 is 0.861 bits per heavy atom. The number of nitro groups is 1. The molecule has 0 unspecified atom stereocenters. The number of para-hydroxylation sites is 2. The van der Waals surface area contributed by atoms with Crippen molar-refractivity contribution in [3.05, 3.63) is 100 Å². The van der Waals surface area contributed by atoms with Gasteiger partial charge >= 0.3 is 0 Å². The van der Waals surface area contributed by atoms with Gasteiger partial charge in [0.1, 0.15) is 17.2 Å². The van der Waals surface area contributed by atoms with E-state index in [0.717, 1.165) is 16.3 Å². The Bertz CT molecular complexity index is 1470. The molecular weight excluding hydrogens is 462 g/mol. The third-order valence-corrected chi connectivity index (χ3v) is 5.43. The van der Waals surface area contributed by atoms with Crippen LogP contribution in [0.1, 0.15) is 15.9 Å². The maximum atomic E-state index is 13.3. The summed E-state index contributed by atoms with van der Waals surface area (Å²) in [5.74, 6) is -0.362. The molecule has 0 spiro atoms. The maximum Gasteiger partial charge on any atom is 0.292 e. The minimum absolute atomic E-state index is 0.0547. The van der Waals surface area contributed by atoms with Gasteiger partial charge in [-0.15, -0.1) is 0 Å². The van der Waals surface area contributed by atoms with Crippen LogP contribution in [-0.2, 0) is 4.79 Å². The zero-order valence-electron chi connectivity index (χ0n) is 19.6. The van der Waals surface area contributed by atoms with Gasteiger partial charge in [0.05, 0.1) is 23.3 Å². The lowest BCUT2D eigenvalue weighted by Gasteiger charge is -2.15. The zero-order chi connectivity index (χ0) is 25.7. The number of carbonyl (C=O) groups excluding carboxylic acids is 2. The lowest BCUT2D eigenvalue weighted by Crippen LogP contribution is -2.22. The molecule has 0 aliphatic heterocycles. The first-order valence-corrected chi connectivity index (χ1v) is 11.0. The smallest absolute Gasteiger partial charge is 0.292 e. The summed E-state index contributed by atoms with van der Waals surface area (Å²) in [6, 6.07) is 22.0. The van der Waals surface area contributed by atoms with Crippen LogP contribution in [0.4, 0.5) is 17.1 Å². The number of aryl methyl sites for hydroxylation is 1. The van der Waals surface area contributed by atoms with Crippen molar-refractivity contribution in [3.8, 4) is 11.5 Å². The van der Waals surface area contributed by atoms with Crippen LogP contribution in [0.15, 0.2) is 78.9 Å². The molecule has 0 aromatic heterocycles. The highest BCUT2D eigenvalue weighted by atomic mass is 16.6. The van der Waals surface area contributed by atoms with E-state index in [9.17, 15) is 19.7 Å². The predicted molar refractivity (Wildman–Crippen MR) is 137 cm³/mol. The summed E-state index contributed by atoms with van der Waals surface area (Å²) < 4.78 is 11.1. The molecule has 0 radical (unpaired) electrons. The Morgan fingerprint density at radius 2 is 1.56 bits per heavy atom. The van der Waals surface area contributed by atoms with Gasteiger partial charge in [-0.05, 0) is 53.6 Å². The van der Waals surface area contributed by atoms with Crippen LogP contribution in [0.25, 0.3) is 10.8 Å². The van der Waals surface area contributed by atoms with Crippen LogP contribution in [0.2, 0.25) is 0 Å². The fourth-order valence-corrected chi connectivity index (χ4v) is 3.69. The van der Waals surface area contributed by atoms with Gasteiger partial charge in [0.25, 0.3) is 17.5 Å². The van der Waals surface area contributed by atoms with E-state index < -0.39 is 23.3 Å².